The predicted molar refractivity (Wildman–Crippen MR) is 69.4 cm³/mol. The van der Waals surface area contributed by atoms with Crippen LogP contribution in [0.2, 0.25) is 0 Å². The summed E-state index contributed by atoms with van der Waals surface area (Å²) in [5, 5.41) is 3.50. The Morgan fingerprint density at radius 1 is 1.24 bits per heavy atom. The number of aryl methyl sites for hydroxylation is 1. The van der Waals surface area contributed by atoms with E-state index in [1.54, 1.807) is 6.07 Å². The molecule has 17 heavy (non-hydrogen) atoms. The van der Waals surface area contributed by atoms with Crippen LogP contribution in [-0.4, -0.2) is 6.54 Å². The minimum atomic E-state index is -0.110. The third-order valence-electron chi connectivity index (χ3n) is 3.71. The van der Waals surface area contributed by atoms with Crippen molar-refractivity contribution in [2.24, 2.45) is 5.92 Å². The van der Waals surface area contributed by atoms with Crippen LogP contribution in [0, 0.1) is 18.7 Å². The van der Waals surface area contributed by atoms with Crippen LogP contribution in [-0.2, 0) is 6.54 Å². The van der Waals surface area contributed by atoms with Gasteiger partial charge in [-0.05, 0) is 49.4 Å². The van der Waals surface area contributed by atoms with Crippen molar-refractivity contribution in [3.05, 3.63) is 35.1 Å². The van der Waals surface area contributed by atoms with Crippen molar-refractivity contribution in [1.29, 1.82) is 0 Å². The average molecular weight is 235 g/mol. The molecular weight excluding hydrogens is 213 g/mol. The Balaban J connectivity index is 1.75. The van der Waals surface area contributed by atoms with Gasteiger partial charge < -0.3 is 5.32 Å². The van der Waals surface area contributed by atoms with Crippen LogP contribution in [0.1, 0.15) is 43.2 Å². The summed E-state index contributed by atoms with van der Waals surface area (Å²) in [6, 6.07) is 5.37. The second-order valence-corrected chi connectivity index (χ2v) is 5.22. The first kappa shape index (κ1) is 12.6. The van der Waals surface area contributed by atoms with Gasteiger partial charge in [-0.15, -0.1) is 0 Å². The highest BCUT2D eigenvalue weighted by Gasteiger charge is 2.12. The Hall–Kier alpha value is -0.890. The minimum absolute atomic E-state index is 0.110. The fraction of sp³-hybridized carbons (Fsp3) is 0.600. The van der Waals surface area contributed by atoms with E-state index in [0.717, 1.165) is 24.6 Å². The molecule has 1 N–H and O–H groups in total. The maximum Gasteiger partial charge on any atom is 0.126 e. The third kappa shape index (κ3) is 3.81. The normalized spacial score (nSPS) is 17.3. The lowest BCUT2D eigenvalue weighted by atomic mass is 9.89. The summed E-state index contributed by atoms with van der Waals surface area (Å²) in [6.45, 7) is 3.79. The lowest BCUT2D eigenvalue weighted by Gasteiger charge is -2.21. The molecule has 1 aromatic rings. The van der Waals surface area contributed by atoms with E-state index in [-0.39, 0.29) is 5.82 Å². The number of hydrogen-bond donors (Lipinski definition) is 1. The van der Waals surface area contributed by atoms with E-state index in [1.165, 1.54) is 37.7 Å². The quantitative estimate of drug-likeness (QED) is 0.837. The lowest BCUT2D eigenvalue weighted by molar-refractivity contribution is 0.342. The number of benzene rings is 1. The second-order valence-electron chi connectivity index (χ2n) is 5.22. The highest BCUT2D eigenvalue weighted by molar-refractivity contribution is 5.23. The zero-order chi connectivity index (χ0) is 12.1. The van der Waals surface area contributed by atoms with Crippen LogP contribution >= 0.6 is 0 Å². The number of halogens is 1. The summed E-state index contributed by atoms with van der Waals surface area (Å²) in [7, 11) is 0. The molecule has 0 heterocycles. The topological polar surface area (TPSA) is 12.0 Å². The summed E-state index contributed by atoms with van der Waals surface area (Å²) in [4.78, 5) is 0. The summed E-state index contributed by atoms with van der Waals surface area (Å²) in [5.74, 6) is 0.742. The van der Waals surface area contributed by atoms with E-state index in [4.69, 9.17) is 0 Å². The van der Waals surface area contributed by atoms with Crippen LogP contribution in [0.3, 0.4) is 0 Å². The summed E-state index contributed by atoms with van der Waals surface area (Å²) >= 11 is 0. The van der Waals surface area contributed by atoms with Gasteiger partial charge in [-0.3, -0.25) is 0 Å². The van der Waals surface area contributed by atoms with Crippen LogP contribution in [0.25, 0.3) is 0 Å². The molecule has 94 valence electrons. The van der Waals surface area contributed by atoms with Gasteiger partial charge in [0.05, 0.1) is 0 Å². The molecule has 0 atom stereocenters. The molecule has 1 fully saturated rings. The molecule has 0 radical (unpaired) electrons. The molecule has 0 unspecified atom stereocenters. The average Bonchev–Trinajstić information content (AvgIpc) is 2.35. The van der Waals surface area contributed by atoms with Gasteiger partial charge in [0.25, 0.3) is 0 Å². The molecule has 0 spiro atoms. The van der Waals surface area contributed by atoms with Gasteiger partial charge in [-0.2, -0.15) is 0 Å². The molecule has 1 aliphatic carbocycles. The Labute approximate surface area is 103 Å². The molecule has 1 nitrogen and oxygen atoms in total. The van der Waals surface area contributed by atoms with Crippen molar-refractivity contribution in [3.8, 4) is 0 Å². The SMILES string of the molecule is Cc1cc(CNCC2CCCCC2)ccc1F. The van der Waals surface area contributed by atoms with E-state index in [2.05, 4.69) is 5.32 Å². The van der Waals surface area contributed by atoms with Crippen molar-refractivity contribution >= 4 is 0 Å². The van der Waals surface area contributed by atoms with E-state index < -0.39 is 0 Å². The standard InChI is InChI=1S/C15H22FN/c1-12-9-14(7-8-15(12)16)11-17-10-13-5-3-2-4-6-13/h7-9,13,17H,2-6,10-11H2,1H3. The Morgan fingerprint density at radius 2 is 2.00 bits per heavy atom. The highest BCUT2D eigenvalue weighted by atomic mass is 19.1. The van der Waals surface area contributed by atoms with E-state index in [0.29, 0.717) is 0 Å². The van der Waals surface area contributed by atoms with Crippen LogP contribution < -0.4 is 5.32 Å². The summed E-state index contributed by atoms with van der Waals surface area (Å²) < 4.78 is 13.1. The molecule has 1 aliphatic rings. The smallest absolute Gasteiger partial charge is 0.126 e. The zero-order valence-corrected chi connectivity index (χ0v) is 10.6. The largest absolute Gasteiger partial charge is 0.312 e. The molecule has 0 amide bonds. The number of hydrogen-bond acceptors (Lipinski definition) is 1. The second kappa shape index (κ2) is 6.15. The van der Waals surface area contributed by atoms with Crippen molar-refractivity contribution in [3.63, 3.8) is 0 Å². The summed E-state index contributed by atoms with van der Waals surface area (Å²) in [5.41, 5.74) is 1.92. The maximum absolute atomic E-state index is 13.1. The molecular formula is C15H22FN. The number of rotatable bonds is 4. The minimum Gasteiger partial charge on any atom is -0.312 e. The van der Waals surface area contributed by atoms with Crippen LogP contribution in [0.5, 0.6) is 0 Å². The van der Waals surface area contributed by atoms with Crippen molar-refractivity contribution in [2.75, 3.05) is 6.54 Å². The molecule has 0 aromatic heterocycles. The van der Waals surface area contributed by atoms with E-state index >= 15 is 0 Å². The van der Waals surface area contributed by atoms with E-state index in [9.17, 15) is 4.39 Å². The Morgan fingerprint density at radius 3 is 2.71 bits per heavy atom. The van der Waals surface area contributed by atoms with Crippen LogP contribution in [0.15, 0.2) is 18.2 Å². The predicted octanol–water partition coefficient (Wildman–Crippen LogP) is 3.80. The highest BCUT2D eigenvalue weighted by Crippen LogP contribution is 2.22. The first-order chi connectivity index (χ1) is 8.25. The third-order valence-corrected chi connectivity index (χ3v) is 3.71. The molecule has 2 heteroatoms. The molecule has 0 saturated heterocycles. The van der Waals surface area contributed by atoms with Gasteiger partial charge in [0.2, 0.25) is 0 Å². The number of nitrogens with one attached hydrogen (secondary N) is 1. The van der Waals surface area contributed by atoms with Crippen molar-refractivity contribution in [1.82, 2.24) is 5.32 Å². The van der Waals surface area contributed by atoms with E-state index in [1.807, 2.05) is 19.1 Å². The van der Waals surface area contributed by atoms with Gasteiger partial charge >= 0.3 is 0 Å². The van der Waals surface area contributed by atoms with Gasteiger partial charge in [0, 0.05) is 6.54 Å². The van der Waals surface area contributed by atoms with Crippen LogP contribution in [0.4, 0.5) is 4.39 Å². The molecule has 0 aliphatic heterocycles. The fourth-order valence-electron chi connectivity index (χ4n) is 2.63. The molecule has 1 saturated carbocycles. The zero-order valence-electron chi connectivity index (χ0n) is 10.6. The Bertz CT molecular complexity index is 356. The molecule has 1 aromatic carbocycles. The van der Waals surface area contributed by atoms with Crippen molar-refractivity contribution < 1.29 is 4.39 Å². The van der Waals surface area contributed by atoms with Crippen molar-refractivity contribution in [2.45, 2.75) is 45.6 Å². The van der Waals surface area contributed by atoms with Gasteiger partial charge in [0.1, 0.15) is 5.82 Å². The molecule has 2 rings (SSSR count). The first-order valence-electron chi connectivity index (χ1n) is 6.71. The fourth-order valence-corrected chi connectivity index (χ4v) is 2.63. The molecule has 0 bridgehead atoms. The lowest BCUT2D eigenvalue weighted by Crippen LogP contribution is -2.24. The van der Waals surface area contributed by atoms with Gasteiger partial charge in [0.15, 0.2) is 0 Å². The first-order valence-corrected chi connectivity index (χ1v) is 6.71. The maximum atomic E-state index is 13.1. The monoisotopic (exact) mass is 235 g/mol. The van der Waals surface area contributed by atoms with Gasteiger partial charge in [-0.1, -0.05) is 31.4 Å². The van der Waals surface area contributed by atoms with Gasteiger partial charge in [-0.25, -0.2) is 4.39 Å². The Kier molecular flexibility index (Phi) is 4.55. The summed E-state index contributed by atoms with van der Waals surface area (Å²) in [6.07, 6.45) is 6.93.